The number of thiocarbonyl (C=S) groups is 1. The molecule has 5 nitrogen and oxygen atoms in total. The minimum atomic E-state index is -0.0577. The molecule has 4 aromatic rings. The van der Waals surface area contributed by atoms with Crippen molar-refractivity contribution >= 4 is 23.0 Å². The molecule has 1 N–H and O–H groups in total. The van der Waals surface area contributed by atoms with E-state index in [0.717, 1.165) is 22.9 Å². The highest BCUT2D eigenvalue weighted by Crippen LogP contribution is 2.43. The summed E-state index contributed by atoms with van der Waals surface area (Å²) in [6, 6.07) is 24.4. The summed E-state index contributed by atoms with van der Waals surface area (Å²) in [5.41, 5.74) is 6.86. The molecule has 0 saturated carbocycles. The van der Waals surface area contributed by atoms with Crippen LogP contribution in [-0.4, -0.2) is 14.7 Å². The molecule has 5 rings (SSSR count). The van der Waals surface area contributed by atoms with Crippen molar-refractivity contribution in [2.45, 2.75) is 32.9 Å². The average Bonchev–Trinajstić information content (AvgIpc) is 3.32. The second kappa shape index (κ2) is 8.95. The third-order valence-corrected chi connectivity index (χ3v) is 6.92. The number of ether oxygens (including phenoxy) is 1. The van der Waals surface area contributed by atoms with Crippen molar-refractivity contribution in [2.24, 2.45) is 7.05 Å². The van der Waals surface area contributed by atoms with E-state index in [1.807, 2.05) is 54.7 Å². The zero-order valence-corrected chi connectivity index (χ0v) is 20.6. The minimum Gasteiger partial charge on any atom is -0.457 e. The van der Waals surface area contributed by atoms with Gasteiger partial charge in [-0.15, -0.1) is 0 Å². The van der Waals surface area contributed by atoms with Crippen LogP contribution in [0.3, 0.4) is 0 Å². The van der Waals surface area contributed by atoms with Gasteiger partial charge in [0.05, 0.1) is 17.8 Å². The van der Waals surface area contributed by atoms with Gasteiger partial charge >= 0.3 is 0 Å². The van der Waals surface area contributed by atoms with Gasteiger partial charge in [-0.3, -0.25) is 4.98 Å². The first kappa shape index (κ1) is 22.2. The molecule has 0 bridgehead atoms. The number of anilines is 1. The second-order valence-corrected chi connectivity index (χ2v) is 9.18. The van der Waals surface area contributed by atoms with Crippen molar-refractivity contribution in [3.8, 4) is 11.5 Å². The number of nitrogens with zero attached hydrogens (tertiary/aromatic N) is 3. The van der Waals surface area contributed by atoms with E-state index in [4.69, 9.17) is 17.0 Å². The molecule has 1 aliphatic rings. The van der Waals surface area contributed by atoms with Crippen LogP contribution in [0.2, 0.25) is 0 Å². The van der Waals surface area contributed by atoms with Crippen LogP contribution in [0, 0.1) is 20.8 Å². The predicted molar refractivity (Wildman–Crippen MR) is 141 cm³/mol. The Hall–Kier alpha value is -3.64. The van der Waals surface area contributed by atoms with Crippen molar-refractivity contribution in [1.29, 1.82) is 0 Å². The number of aryl methyl sites for hydroxylation is 2. The van der Waals surface area contributed by atoms with Gasteiger partial charge in [0.2, 0.25) is 0 Å². The van der Waals surface area contributed by atoms with Crippen LogP contribution in [0.4, 0.5) is 5.69 Å². The van der Waals surface area contributed by atoms with Crippen molar-refractivity contribution in [3.05, 3.63) is 107 Å². The molecule has 0 radical (unpaired) electrons. The standard InChI is InChI=1S/C28H28N4OS/c1-18-8-12-22(13-9-18)33-23-14-10-21(11-15-23)32-27(24-17-19(2)31(4)20(24)3)26(30-28(32)34)25-7-5-6-16-29-25/h5-17,26-27H,1-4H3,(H,30,34)/t26-,27-/m1/s1. The van der Waals surface area contributed by atoms with Gasteiger partial charge in [-0.2, -0.15) is 0 Å². The van der Waals surface area contributed by atoms with Crippen LogP contribution in [0.25, 0.3) is 0 Å². The maximum Gasteiger partial charge on any atom is 0.174 e. The normalized spacial score (nSPS) is 17.6. The van der Waals surface area contributed by atoms with E-state index >= 15 is 0 Å². The molecule has 2 aromatic carbocycles. The molecule has 1 aliphatic heterocycles. The Bertz CT molecular complexity index is 1310. The number of hydrogen-bond donors (Lipinski definition) is 1. The van der Waals surface area contributed by atoms with Crippen molar-refractivity contribution in [2.75, 3.05) is 4.90 Å². The SMILES string of the molecule is Cc1ccc(Oc2ccc(N3C(=S)N[C@H](c4ccccn4)[C@H]3c3cc(C)n(C)c3C)cc2)cc1. The van der Waals surface area contributed by atoms with Gasteiger partial charge in [-0.05, 0) is 93.1 Å². The maximum atomic E-state index is 6.04. The van der Waals surface area contributed by atoms with E-state index in [1.54, 1.807) is 0 Å². The topological polar surface area (TPSA) is 42.3 Å². The van der Waals surface area contributed by atoms with Gasteiger partial charge in [-0.25, -0.2) is 0 Å². The maximum absolute atomic E-state index is 6.04. The first-order valence-corrected chi connectivity index (χ1v) is 11.8. The number of pyridine rings is 1. The van der Waals surface area contributed by atoms with Crippen molar-refractivity contribution in [3.63, 3.8) is 0 Å². The Morgan fingerprint density at radius 1 is 0.912 bits per heavy atom. The summed E-state index contributed by atoms with van der Waals surface area (Å²) in [6.45, 7) is 6.36. The average molecular weight is 469 g/mol. The number of rotatable bonds is 5. The largest absolute Gasteiger partial charge is 0.457 e. The lowest BCUT2D eigenvalue weighted by atomic mass is 9.96. The Labute approximate surface area is 206 Å². The molecule has 0 aliphatic carbocycles. The molecular formula is C28H28N4OS. The zero-order valence-electron chi connectivity index (χ0n) is 19.8. The molecule has 172 valence electrons. The fraction of sp³-hybridized carbons (Fsp3) is 0.214. The molecule has 2 atom stereocenters. The summed E-state index contributed by atoms with van der Waals surface area (Å²) in [6.07, 6.45) is 1.83. The van der Waals surface area contributed by atoms with E-state index in [2.05, 4.69) is 71.9 Å². The highest BCUT2D eigenvalue weighted by atomic mass is 32.1. The molecule has 1 fully saturated rings. The molecule has 6 heteroatoms. The molecular weight excluding hydrogens is 440 g/mol. The highest BCUT2D eigenvalue weighted by molar-refractivity contribution is 7.80. The van der Waals surface area contributed by atoms with E-state index < -0.39 is 0 Å². The smallest absolute Gasteiger partial charge is 0.174 e. The lowest BCUT2D eigenvalue weighted by Gasteiger charge is -2.28. The quantitative estimate of drug-likeness (QED) is 0.348. The molecule has 0 spiro atoms. The summed E-state index contributed by atoms with van der Waals surface area (Å²) in [7, 11) is 2.10. The molecule has 34 heavy (non-hydrogen) atoms. The summed E-state index contributed by atoms with van der Waals surface area (Å²) < 4.78 is 8.26. The fourth-order valence-electron chi connectivity index (χ4n) is 4.55. The van der Waals surface area contributed by atoms with Gasteiger partial charge in [0.25, 0.3) is 0 Å². The number of benzene rings is 2. The Balaban J connectivity index is 1.51. The predicted octanol–water partition coefficient (Wildman–Crippen LogP) is 6.31. The monoisotopic (exact) mass is 468 g/mol. The van der Waals surface area contributed by atoms with Crippen LogP contribution >= 0.6 is 12.2 Å². The van der Waals surface area contributed by atoms with Crippen LogP contribution in [0.15, 0.2) is 79.0 Å². The van der Waals surface area contributed by atoms with Crippen molar-refractivity contribution < 1.29 is 4.74 Å². The number of nitrogens with one attached hydrogen (secondary N) is 1. The minimum absolute atomic E-state index is 0.0221. The van der Waals surface area contributed by atoms with Gasteiger partial charge in [-0.1, -0.05) is 23.8 Å². The Kier molecular flexibility index (Phi) is 5.84. The second-order valence-electron chi connectivity index (χ2n) is 8.79. The summed E-state index contributed by atoms with van der Waals surface area (Å²) in [4.78, 5) is 6.85. The summed E-state index contributed by atoms with van der Waals surface area (Å²) in [5.74, 6) is 1.61. The molecule has 2 aromatic heterocycles. The number of hydrogen-bond acceptors (Lipinski definition) is 3. The Morgan fingerprint density at radius 3 is 2.18 bits per heavy atom. The van der Waals surface area contributed by atoms with Crippen LogP contribution in [0.5, 0.6) is 11.5 Å². The molecule has 3 heterocycles. The summed E-state index contributed by atoms with van der Waals surface area (Å²) in [5, 5.41) is 4.23. The molecule has 0 amide bonds. The van der Waals surface area contributed by atoms with Gasteiger partial charge in [0.1, 0.15) is 11.5 Å². The third-order valence-electron chi connectivity index (χ3n) is 6.60. The van der Waals surface area contributed by atoms with Crippen LogP contribution in [0.1, 0.15) is 40.3 Å². The van der Waals surface area contributed by atoms with E-state index in [9.17, 15) is 0 Å². The van der Waals surface area contributed by atoms with E-state index in [-0.39, 0.29) is 12.1 Å². The third kappa shape index (κ3) is 4.05. The summed E-state index contributed by atoms with van der Waals surface area (Å²) >= 11 is 5.86. The Morgan fingerprint density at radius 2 is 1.59 bits per heavy atom. The van der Waals surface area contributed by atoms with E-state index in [0.29, 0.717) is 5.11 Å². The zero-order chi connectivity index (χ0) is 23.8. The van der Waals surface area contributed by atoms with Crippen LogP contribution in [-0.2, 0) is 7.05 Å². The van der Waals surface area contributed by atoms with Gasteiger partial charge in [0, 0.05) is 30.3 Å². The van der Waals surface area contributed by atoms with Gasteiger partial charge < -0.3 is 19.5 Å². The first-order valence-electron chi connectivity index (χ1n) is 11.4. The van der Waals surface area contributed by atoms with Crippen LogP contribution < -0.4 is 15.0 Å². The lowest BCUT2D eigenvalue weighted by Crippen LogP contribution is -2.29. The van der Waals surface area contributed by atoms with E-state index in [1.165, 1.54) is 22.5 Å². The molecule has 1 saturated heterocycles. The lowest BCUT2D eigenvalue weighted by molar-refractivity contribution is 0.482. The first-order chi connectivity index (χ1) is 16.4. The highest BCUT2D eigenvalue weighted by Gasteiger charge is 2.42. The van der Waals surface area contributed by atoms with Gasteiger partial charge in [0.15, 0.2) is 5.11 Å². The van der Waals surface area contributed by atoms with Crippen molar-refractivity contribution in [1.82, 2.24) is 14.9 Å². The number of aromatic nitrogens is 2. The molecule has 0 unspecified atom stereocenters. The fourth-order valence-corrected chi connectivity index (χ4v) is 4.90.